The van der Waals surface area contributed by atoms with Crippen LogP contribution in [0.2, 0.25) is 0 Å². The quantitative estimate of drug-likeness (QED) is 0.718. The topological polar surface area (TPSA) is 17.1 Å². The van der Waals surface area contributed by atoms with Crippen LogP contribution < -0.4 is 5.30 Å². The molecule has 16 heavy (non-hydrogen) atoms. The summed E-state index contributed by atoms with van der Waals surface area (Å²) in [5.74, 6) is 0. The molecule has 0 aliphatic carbocycles. The van der Waals surface area contributed by atoms with Crippen molar-refractivity contribution in [2.24, 2.45) is 0 Å². The molecule has 2 heteroatoms. The second-order valence-electron chi connectivity index (χ2n) is 4.69. The average molecular weight is 236 g/mol. The Bertz CT molecular complexity index is 389. The Morgan fingerprint density at radius 1 is 1.06 bits per heavy atom. The molecule has 0 heterocycles. The van der Waals surface area contributed by atoms with E-state index in [1.54, 1.807) is 6.08 Å². The molecule has 0 radical (unpaired) electrons. The molecule has 0 saturated heterocycles. The van der Waals surface area contributed by atoms with E-state index in [9.17, 15) is 4.57 Å². The van der Waals surface area contributed by atoms with E-state index in [0.717, 1.165) is 10.9 Å². The summed E-state index contributed by atoms with van der Waals surface area (Å²) in [4.78, 5) is 0. The third kappa shape index (κ3) is 2.30. The van der Waals surface area contributed by atoms with Crippen molar-refractivity contribution in [3.8, 4) is 0 Å². The van der Waals surface area contributed by atoms with Gasteiger partial charge >= 0.3 is 0 Å². The van der Waals surface area contributed by atoms with Crippen molar-refractivity contribution in [3.63, 3.8) is 0 Å². The number of hydrogen-bond donors (Lipinski definition) is 0. The summed E-state index contributed by atoms with van der Waals surface area (Å²) in [5, 5.41) is 0.989. The summed E-state index contributed by atoms with van der Waals surface area (Å²) in [5.41, 5.74) is 1.46. The van der Waals surface area contributed by atoms with E-state index < -0.39 is 7.14 Å². The van der Waals surface area contributed by atoms with Crippen LogP contribution in [0.15, 0.2) is 30.8 Å². The molecule has 0 spiro atoms. The Hall–Kier alpha value is -0.810. The van der Waals surface area contributed by atoms with Crippen LogP contribution in [0.1, 0.15) is 33.3 Å². The van der Waals surface area contributed by atoms with E-state index in [0.29, 0.717) is 0 Å². The summed E-state index contributed by atoms with van der Waals surface area (Å²) in [7, 11) is -2.28. The summed E-state index contributed by atoms with van der Waals surface area (Å²) in [6.45, 7) is 11.9. The fourth-order valence-electron chi connectivity index (χ4n) is 2.04. The Kier molecular flexibility index (Phi) is 4.15. The maximum Gasteiger partial charge on any atom is 0.120 e. The average Bonchev–Trinajstić information content (AvgIpc) is 2.27. The molecule has 0 aliphatic rings. The predicted octanol–water partition coefficient (Wildman–Crippen LogP) is 4.13. The van der Waals surface area contributed by atoms with Crippen molar-refractivity contribution >= 4 is 18.5 Å². The van der Waals surface area contributed by atoms with Crippen molar-refractivity contribution in [2.75, 3.05) is 0 Å². The molecule has 88 valence electrons. The zero-order valence-corrected chi connectivity index (χ0v) is 11.5. The molecule has 0 fully saturated rings. The van der Waals surface area contributed by atoms with Crippen molar-refractivity contribution in [3.05, 3.63) is 36.4 Å². The lowest BCUT2D eigenvalue weighted by molar-refractivity contribution is 0.569. The first-order valence-corrected chi connectivity index (χ1v) is 7.60. The van der Waals surface area contributed by atoms with Crippen LogP contribution >= 0.6 is 7.14 Å². The number of benzene rings is 1. The monoisotopic (exact) mass is 236 g/mol. The van der Waals surface area contributed by atoms with Gasteiger partial charge in [0.1, 0.15) is 7.14 Å². The van der Waals surface area contributed by atoms with Gasteiger partial charge in [0, 0.05) is 16.6 Å². The molecule has 0 saturated carbocycles. The highest BCUT2D eigenvalue weighted by Gasteiger charge is 2.31. The fraction of sp³-hybridized carbons (Fsp3) is 0.429. The van der Waals surface area contributed by atoms with Gasteiger partial charge in [0.25, 0.3) is 0 Å². The highest BCUT2D eigenvalue weighted by Crippen LogP contribution is 2.53. The van der Waals surface area contributed by atoms with Gasteiger partial charge in [-0.1, -0.05) is 64.6 Å². The van der Waals surface area contributed by atoms with Crippen molar-refractivity contribution < 1.29 is 4.57 Å². The normalized spacial score (nSPS) is 12.1. The second-order valence-corrected chi connectivity index (χ2v) is 8.69. The van der Waals surface area contributed by atoms with Crippen LogP contribution in [0.3, 0.4) is 0 Å². The molecule has 1 nitrogen and oxygen atoms in total. The van der Waals surface area contributed by atoms with Gasteiger partial charge in [-0.05, 0) is 5.56 Å². The van der Waals surface area contributed by atoms with Crippen LogP contribution in [0.4, 0.5) is 0 Å². The minimum absolute atomic E-state index is 0.196. The van der Waals surface area contributed by atoms with E-state index in [-0.39, 0.29) is 11.3 Å². The van der Waals surface area contributed by atoms with Gasteiger partial charge in [-0.2, -0.15) is 0 Å². The highest BCUT2D eigenvalue weighted by atomic mass is 31.2. The van der Waals surface area contributed by atoms with E-state index >= 15 is 0 Å². The highest BCUT2D eigenvalue weighted by molar-refractivity contribution is 7.72. The zero-order valence-electron chi connectivity index (χ0n) is 10.6. The number of rotatable bonds is 4. The molecular weight excluding hydrogens is 215 g/mol. The minimum Gasteiger partial charge on any atom is -0.318 e. The Labute approximate surface area is 99.0 Å². The van der Waals surface area contributed by atoms with E-state index in [1.165, 1.54) is 0 Å². The zero-order chi connectivity index (χ0) is 12.3. The van der Waals surface area contributed by atoms with Crippen molar-refractivity contribution in [2.45, 2.75) is 39.0 Å². The van der Waals surface area contributed by atoms with E-state index in [1.807, 2.05) is 52.0 Å². The van der Waals surface area contributed by atoms with Gasteiger partial charge in [-0.15, -0.1) is 0 Å². The van der Waals surface area contributed by atoms with Crippen LogP contribution in [-0.4, -0.2) is 11.3 Å². The lowest BCUT2D eigenvalue weighted by atomic mass is 10.2. The first-order valence-electron chi connectivity index (χ1n) is 5.75. The first kappa shape index (κ1) is 13.3. The molecule has 0 amide bonds. The van der Waals surface area contributed by atoms with Crippen LogP contribution in [0, 0.1) is 0 Å². The molecule has 1 aromatic carbocycles. The molecule has 0 atom stereocenters. The summed E-state index contributed by atoms with van der Waals surface area (Å²) < 4.78 is 13.0. The van der Waals surface area contributed by atoms with E-state index in [4.69, 9.17) is 0 Å². The molecular formula is C14H21OP. The van der Waals surface area contributed by atoms with Gasteiger partial charge in [0.15, 0.2) is 0 Å². The maximum absolute atomic E-state index is 13.0. The van der Waals surface area contributed by atoms with Gasteiger partial charge in [-0.25, -0.2) is 0 Å². The van der Waals surface area contributed by atoms with E-state index in [2.05, 4.69) is 6.58 Å². The van der Waals surface area contributed by atoms with Gasteiger partial charge < -0.3 is 4.57 Å². The standard InChI is InChI=1S/C14H21OP/c1-6-13-7-9-14(10-8-13)16(15,11(2)3)12(4)5/h6-12H,1H2,2-5H3. The smallest absolute Gasteiger partial charge is 0.120 e. The van der Waals surface area contributed by atoms with Gasteiger partial charge in [-0.3, -0.25) is 0 Å². The van der Waals surface area contributed by atoms with Crippen LogP contribution in [0.5, 0.6) is 0 Å². The largest absolute Gasteiger partial charge is 0.318 e. The Morgan fingerprint density at radius 3 is 1.81 bits per heavy atom. The lowest BCUT2D eigenvalue weighted by Crippen LogP contribution is -2.19. The molecule has 1 aromatic rings. The summed E-state index contributed by atoms with van der Waals surface area (Å²) in [6, 6.07) is 7.94. The number of hydrogen-bond acceptors (Lipinski definition) is 1. The Balaban J connectivity index is 3.22. The second kappa shape index (κ2) is 5.01. The first-order chi connectivity index (χ1) is 7.42. The predicted molar refractivity (Wildman–Crippen MR) is 74.0 cm³/mol. The molecule has 0 unspecified atom stereocenters. The third-order valence-electron chi connectivity index (χ3n) is 3.07. The summed E-state index contributed by atoms with van der Waals surface area (Å²) >= 11 is 0. The molecule has 0 N–H and O–H groups in total. The van der Waals surface area contributed by atoms with Crippen molar-refractivity contribution in [1.29, 1.82) is 0 Å². The lowest BCUT2D eigenvalue weighted by Gasteiger charge is -2.26. The summed E-state index contributed by atoms with van der Waals surface area (Å²) in [6.07, 6.45) is 1.81. The molecule has 0 aliphatic heterocycles. The Morgan fingerprint density at radius 2 is 1.50 bits per heavy atom. The maximum atomic E-state index is 13.0. The van der Waals surface area contributed by atoms with Crippen molar-refractivity contribution in [1.82, 2.24) is 0 Å². The third-order valence-corrected chi connectivity index (χ3v) is 7.24. The van der Waals surface area contributed by atoms with Gasteiger partial charge in [0.2, 0.25) is 0 Å². The molecule has 0 aromatic heterocycles. The van der Waals surface area contributed by atoms with Crippen LogP contribution in [0.25, 0.3) is 6.08 Å². The fourth-order valence-corrected chi connectivity index (χ4v) is 5.04. The van der Waals surface area contributed by atoms with Crippen LogP contribution in [-0.2, 0) is 4.57 Å². The SMILES string of the molecule is C=Cc1ccc(P(=O)(C(C)C)C(C)C)cc1. The molecule has 1 rings (SSSR count). The molecule has 0 bridgehead atoms. The minimum atomic E-state index is -2.28. The van der Waals surface area contributed by atoms with Gasteiger partial charge in [0.05, 0.1) is 0 Å².